The largest absolute Gasteiger partial charge is 0.531 e. The van der Waals surface area contributed by atoms with E-state index < -0.39 is 16.6 Å². The van der Waals surface area contributed by atoms with E-state index in [4.69, 9.17) is 13.6 Å². The van der Waals surface area contributed by atoms with Gasteiger partial charge >= 0.3 is 6.01 Å². The third-order valence-corrected chi connectivity index (χ3v) is 5.53. The Bertz CT molecular complexity index is 1050. The summed E-state index contributed by atoms with van der Waals surface area (Å²) in [6, 6.07) is 14.1. The van der Waals surface area contributed by atoms with Crippen LogP contribution in [0.3, 0.4) is 0 Å². The van der Waals surface area contributed by atoms with Crippen LogP contribution in [0.2, 0.25) is 39.3 Å². The SMILES string of the molecule is C[Si](C)(C)Oc1ncc(Cc2cccc(Oc3cccc(F)c3)c2)c(O[Si](C)(C)C)n1. The molecule has 31 heavy (non-hydrogen) atoms. The van der Waals surface area contributed by atoms with Crippen LogP contribution < -0.4 is 13.6 Å². The van der Waals surface area contributed by atoms with Crippen LogP contribution in [0.5, 0.6) is 23.4 Å². The van der Waals surface area contributed by atoms with Crippen molar-refractivity contribution in [2.75, 3.05) is 0 Å². The van der Waals surface area contributed by atoms with Crippen LogP contribution in [-0.2, 0) is 6.42 Å². The van der Waals surface area contributed by atoms with Crippen molar-refractivity contribution in [3.63, 3.8) is 0 Å². The summed E-state index contributed by atoms with van der Waals surface area (Å²) in [4.78, 5) is 9.00. The Morgan fingerprint density at radius 1 is 0.839 bits per heavy atom. The second-order valence-corrected chi connectivity index (χ2v) is 18.2. The summed E-state index contributed by atoms with van der Waals surface area (Å²) in [5.74, 6) is 1.32. The van der Waals surface area contributed by atoms with E-state index in [0.717, 1.165) is 11.1 Å². The number of hydrogen-bond acceptors (Lipinski definition) is 5. The molecule has 0 aliphatic carbocycles. The summed E-state index contributed by atoms with van der Waals surface area (Å²) in [6.07, 6.45) is 2.35. The summed E-state index contributed by atoms with van der Waals surface area (Å²) in [5, 5.41) is 0. The van der Waals surface area contributed by atoms with Crippen LogP contribution in [0.1, 0.15) is 11.1 Å². The second-order valence-electron chi connectivity index (χ2n) is 9.30. The van der Waals surface area contributed by atoms with Crippen LogP contribution in [0.25, 0.3) is 0 Å². The van der Waals surface area contributed by atoms with E-state index in [9.17, 15) is 4.39 Å². The van der Waals surface area contributed by atoms with E-state index in [1.165, 1.54) is 12.1 Å². The van der Waals surface area contributed by atoms with Crippen LogP contribution in [-0.4, -0.2) is 26.6 Å². The lowest BCUT2D eigenvalue weighted by Gasteiger charge is -2.22. The number of rotatable bonds is 8. The lowest BCUT2D eigenvalue weighted by molar-refractivity contribution is 0.470. The summed E-state index contributed by atoms with van der Waals surface area (Å²) >= 11 is 0. The molecule has 0 radical (unpaired) electrons. The number of ether oxygens (including phenoxy) is 1. The Morgan fingerprint density at radius 3 is 2.13 bits per heavy atom. The predicted octanol–water partition coefficient (Wildman–Crippen LogP) is 6.43. The highest BCUT2D eigenvalue weighted by atomic mass is 28.4. The van der Waals surface area contributed by atoms with Gasteiger partial charge in [-0.05, 0) is 69.1 Å². The van der Waals surface area contributed by atoms with Gasteiger partial charge in [0.05, 0.1) is 0 Å². The molecular formula is C23H29FN2O3Si2. The van der Waals surface area contributed by atoms with Gasteiger partial charge < -0.3 is 13.6 Å². The van der Waals surface area contributed by atoms with Crippen molar-refractivity contribution in [2.45, 2.75) is 45.7 Å². The van der Waals surface area contributed by atoms with Crippen molar-refractivity contribution >= 4 is 16.6 Å². The van der Waals surface area contributed by atoms with E-state index in [1.807, 2.05) is 24.3 Å². The maximum atomic E-state index is 13.4. The Labute approximate surface area is 185 Å². The Balaban J connectivity index is 1.85. The van der Waals surface area contributed by atoms with Crippen molar-refractivity contribution in [2.24, 2.45) is 0 Å². The highest BCUT2D eigenvalue weighted by Crippen LogP contribution is 2.27. The monoisotopic (exact) mass is 456 g/mol. The number of benzene rings is 2. The van der Waals surface area contributed by atoms with E-state index in [0.29, 0.717) is 29.8 Å². The predicted molar refractivity (Wildman–Crippen MR) is 126 cm³/mol. The molecule has 0 amide bonds. The highest BCUT2D eigenvalue weighted by molar-refractivity contribution is 6.70. The average molecular weight is 457 g/mol. The van der Waals surface area contributed by atoms with E-state index >= 15 is 0 Å². The van der Waals surface area contributed by atoms with Crippen LogP contribution in [0.15, 0.2) is 54.7 Å². The molecule has 1 aromatic heterocycles. The standard InChI is InChI=1S/C23H29FN2O3Si2/c1-30(2,3)28-22-18(16-25-23(26-22)29-31(4,5)6)13-17-9-7-11-20(14-17)27-21-12-8-10-19(24)15-21/h7-12,14-16H,13H2,1-6H3. The zero-order valence-electron chi connectivity index (χ0n) is 18.9. The van der Waals surface area contributed by atoms with Gasteiger partial charge in [-0.25, -0.2) is 9.37 Å². The van der Waals surface area contributed by atoms with Crippen molar-refractivity contribution in [3.8, 4) is 23.4 Å². The molecule has 0 saturated carbocycles. The van der Waals surface area contributed by atoms with Gasteiger partial charge in [-0.1, -0.05) is 18.2 Å². The molecule has 8 heteroatoms. The molecule has 0 N–H and O–H groups in total. The summed E-state index contributed by atoms with van der Waals surface area (Å²) in [5.41, 5.74) is 1.89. The van der Waals surface area contributed by atoms with Gasteiger partial charge in [0.25, 0.3) is 0 Å². The maximum absolute atomic E-state index is 13.4. The first-order chi connectivity index (χ1) is 14.5. The van der Waals surface area contributed by atoms with Crippen LogP contribution >= 0.6 is 0 Å². The fourth-order valence-electron chi connectivity index (χ4n) is 2.80. The third kappa shape index (κ3) is 7.48. The number of nitrogens with zero attached hydrogens (tertiary/aromatic N) is 2. The van der Waals surface area contributed by atoms with Gasteiger partial charge in [0.2, 0.25) is 22.5 Å². The topological polar surface area (TPSA) is 53.5 Å². The Hall–Kier alpha value is -2.72. The zero-order chi connectivity index (χ0) is 22.6. The molecule has 3 rings (SSSR count). The molecule has 0 aliphatic heterocycles. The van der Waals surface area contributed by atoms with Gasteiger partial charge in [0.15, 0.2) is 0 Å². The Morgan fingerprint density at radius 2 is 1.48 bits per heavy atom. The molecule has 164 valence electrons. The van der Waals surface area contributed by atoms with Crippen molar-refractivity contribution in [3.05, 3.63) is 71.7 Å². The molecule has 0 saturated heterocycles. The highest BCUT2D eigenvalue weighted by Gasteiger charge is 2.23. The molecule has 0 bridgehead atoms. The number of aromatic nitrogens is 2. The lowest BCUT2D eigenvalue weighted by atomic mass is 10.1. The molecule has 5 nitrogen and oxygen atoms in total. The summed E-state index contributed by atoms with van der Waals surface area (Å²) in [6.45, 7) is 12.6. The summed E-state index contributed by atoms with van der Waals surface area (Å²) < 4.78 is 31.5. The molecule has 0 atom stereocenters. The van der Waals surface area contributed by atoms with Crippen molar-refractivity contribution in [1.29, 1.82) is 0 Å². The van der Waals surface area contributed by atoms with E-state index in [1.54, 1.807) is 18.3 Å². The molecule has 0 unspecified atom stereocenters. The molecule has 3 aromatic rings. The summed E-state index contributed by atoms with van der Waals surface area (Å²) in [7, 11) is -3.72. The second kappa shape index (κ2) is 9.19. The minimum atomic E-state index is -1.89. The average Bonchev–Trinajstić information content (AvgIpc) is 2.62. The molecular weight excluding hydrogens is 427 g/mol. The number of hydrogen-bond donors (Lipinski definition) is 0. The smallest absolute Gasteiger partial charge is 0.305 e. The van der Waals surface area contributed by atoms with Gasteiger partial charge in [-0.2, -0.15) is 4.98 Å². The minimum absolute atomic E-state index is 0.334. The first-order valence-electron chi connectivity index (χ1n) is 10.2. The molecule has 2 aromatic carbocycles. The van der Waals surface area contributed by atoms with Gasteiger partial charge in [-0.3, -0.25) is 0 Å². The van der Waals surface area contributed by atoms with Gasteiger partial charge in [0, 0.05) is 24.2 Å². The minimum Gasteiger partial charge on any atom is -0.531 e. The zero-order valence-corrected chi connectivity index (χ0v) is 20.9. The third-order valence-electron chi connectivity index (χ3n) is 3.93. The fourth-order valence-corrected chi connectivity index (χ4v) is 4.21. The van der Waals surface area contributed by atoms with Crippen molar-refractivity contribution in [1.82, 2.24) is 9.97 Å². The van der Waals surface area contributed by atoms with E-state index in [2.05, 4.69) is 49.3 Å². The first kappa shape index (κ1) is 23.0. The lowest BCUT2D eigenvalue weighted by Crippen LogP contribution is -2.32. The molecule has 1 heterocycles. The normalized spacial score (nSPS) is 11.8. The maximum Gasteiger partial charge on any atom is 0.305 e. The molecule has 0 aliphatic rings. The Kier molecular flexibility index (Phi) is 6.81. The van der Waals surface area contributed by atoms with Gasteiger partial charge in [-0.15, -0.1) is 0 Å². The van der Waals surface area contributed by atoms with Crippen molar-refractivity contribution < 1.29 is 18.0 Å². The van der Waals surface area contributed by atoms with Crippen LogP contribution in [0.4, 0.5) is 4.39 Å². The fraction of sp³-hybridized carbons (Fsp3) is 0.304. The molecule has 0 spiro atoms. The number of halogens is 1. The first-order valence-corrected chi connectivity index (χ1v) is 17.0. The molecule has 0 fully saturated rings. The van der Waals surface area contributed by atoms with E-state index in [-0.39, 0.29) is 5.82 Å². The van der Waals surface area contributed by atoms with Gasteiger partial charge in [0.1, 0.15) is 17.3 Å². The van der Waals surface area contributed by atoms with Crippen LogP contribution in [0, 0.1) is 5.82 Å². The quantitative estimate of drug-likeness (QED) is 0.366.